The van der Waals surface area contributed by atoms with E-state index < -0.39 is 28.8 Å². The summed E-state index contributed by atoms with van der Waals surface area (Å²) in [5.41, 5.74) is -2.72. The van der Waals surface area contributed by atoms with E-state index in [2.05, 4.69) is 10.6 Å². The van der Waals surface area contributed by atoms with Crippen molar-refractivity contribution in [2.75, 3.05) is 6.54 Å². The fraction of sp³-hybridized carbons (Fsp3) is 0.588. The lowest BCUT2D eigenvalue weighted by Crippen LogP contribution is -2.45. The highest BCUT2D eigenvalue weighted by molar-refractivity contribution is 5.83. The number of carbonyl (C=O) groups is 1. The molecule has 1 heterocycles. The largest absolute Gasteiger partial charge is 0.416 e. The Balaban J connectivity index is 1.93. The third-order valence-corrected chi connectivity index (χ3v) is 4.81. The first kappa shape index (κ1) is 18.1. The van der Waals surface area contributed by atoms with Gasteiger partial charge in [0.15, 0.2) is 0 Å². The predicted octanol–water partition coefficient (Wildman–Crippen LogP) is 3.67. The number of hydrogen-bond acceptors (Lipinski definition) is 2. The molecule has 1 aliphatic carbocycles. The van der Waals surface area contributed by atoms with E-state index in [1.807, 2.05) is 0 Å². The second-order valence-electron chi connectivity index (χ2n) is 6.91. The molecule has 1 aromatic rings. The van der Waals surface area contributed by atoms with Crippen LogP contribution in [0.5, 0.6) is 0 Å². The summed E-state index contributed by atoms with van der Waals surface area (Å²) in [6.45, 7) is 1.27. The second-order valence-corrected chi connectivity index (χ2v) is 6.91. The van der Waals surface area contributed by atoms with Crippen molar-refractivity contribution in [2.45, 2.75) is 56.3 Å². The number of amides is 1. The fourth-order valence-corrected chi connectivity index (χ4v) is 3.16. The smallest absolute Gasteiger partial charge is 0.345 e. The topological polar surface area (TPSA) is 41.1 Å². The van der Waals surface area contributed by atoms with E-state index in [1.54, 1.807) is 0 Å². The highest BCUT2D eigenvalue weighted by Crippen LogP contribution is 2.48. The molecule has 0 aromatic heterocycles. The lowest BCUT2D eigenvalue weighted by atomic mass is 9.95. The lowest BCUT2D eigenvalue weighted by molar-refractivity contribution is -0.137. The maximum atomic E-state index is 13.7. The molecule has 1 amide bonds. The average Bonchev–Trinajstić information content (AvgIpc) is 3.08. The third kappa shape index (κ3) is 3.78. The number of carbonyl (C=O) groups excluding carboxylic acids is 1. The van der Waals surface area contributed by atoms with Crippen LogP contribution in [0, 0.1) is 0 Å². The van der Waals surface area contributed by atoms with Crippen LogP contribution in [-0.2, 0) is 22.4 Å². The summed E-state index contributed by atoms with van der Waals surface area (Å²) in [6.07, 6.45) is -2.37. The first-order valence-corrected chi connectivity index (χ1v) is 8.18. The van der Waals surface area contributed by atoms with Gasteiger partial charge < -0.3 is 10.6 Å². The molecule has 3 nitrogen and oxygen atoms in total. The summed E-state index contributed by atoms with van der Waals surface area (Å²) in [6, 6.07) is 2.03. The minimum atomic E-state index is -4.73. The Hall–Kier alpha value is -1.70. The van der Waals surface area contributed by atoms with Gasteiger partial charge in [0.2, 0.25) is 5.91 Å². The van der Waals surface area contributed by atoms with Crippen LogP contribution in [0.3, 0.4) is 0 Å². The van der Waals surface area contributed by atoms with Crippen molar-refractivity contribution in [3.8, 4) is 0 Å². The van der Waals surface area contributed by atoms with Crippen molar-refractivity contribution in [3.63, 3.8) is 0 Å². The van der Waals surface area contributed by atoms with Crippen molar-refractivity contribution >= 4 is 5.91 Å². The number of hydrogen-bond donors (Lipinski definition) is 2. The second kappa shape index (κ2) is 5.93. The summed E-state index contributed by atoms with van der Waals surface area (Å²) in [4.78, 5) is 12.3. The minimum absolute atomic E-state index is 0.0881. The van der Waals surface area contributed by atoms with Gasteiger partial charge >= 0.3 is 6.18 Å². The van der Waals surface area contributed by atoms with Gasteiger partial charge in [-0.3, -0.25) is 4.79 Å². The molecule has 1 aromatic carbocycles. The molecule has 1 saturated heterocycles. The number of nitrogens with one attached hydrogen (secondary N) is 2. The molecule has 1 saturated carbocycles. The molecule has 2 aliphatic rings. The van der Waals surface area contributed by atoms with Crippen molar-refractivity contribution in [2.24, 2.45) is 0 Å². The Labute approximate surface area is 142 Å². The van der Waals surface area contributed by atoms with Crippen LogP contribution in [0.25, 0.3) is 0 Å². The Kier molecular flexibility index (Phi) is 4.29. The predicted molar refractivity (Wildman–Crippen MR) is 81.1 cm³/mol. The summed E-state index contributed by atoms with van der Waals surface area (Å²) >= 11 is 0. The first-order chi connectivity index (χ1) is 11.5. The molecular formula is C17H19F5N2O. The Morgan fingerprint density at radius 3 is 2.28 bits per heavy atom. The standard InChI is InChI=1S/C17H19F5N2O/c1-15(18,19)10-7-11(9-12(8-10)17(20,21)22)16(4-5-16)24-14(25)13-3-2-6-23-13/h7-9,13,23H,2-6H2,1H3,(H,24,25)/t13-/m1/s1. The Morgan fingerprint density at radius 1 is 1.16 bits per heavy atom. The number of benzene rings is 1. The normalized spacial score (nSPS) is 22.7. The molecule has 3 rings (SSSR count). The van der Waals surface area contributed by atoms with Gasteiger partial charge in [0.25, 0.3) is 5.92 Å². The molecule has 0 unspecified atom stereocenters. The summed E-state index contributed by atoms with van der Waals surface area (Å²) < 4.78 is 66.6. The van der Waals surface area contributed by atoms with Crippen LogP contribution in [0.15, 0.2) is 18.2 Å². The third-order valence-electron chi connectivity index (χ3n) is 4.81. The van der Waals surface area contributed by atoms with Gasteiger partial charge in [-0.2, -0.15) is 13.2 Å². The van der Waals surface area contributed by atoms with Gasteiger partial charge in [0.05, 0.1) is 17.1 Å². The summed E-state index contributed by atoms with van der Waals surface area (Å²) in [5.74, 6) is -3.69. The molecule has 8 heteroatoms. The van der Waals surface area contributed by atoms with Gasteiger partial charge in [-0.15, -0.1) is 0 Å². The number of rotatable bonds is 4. The monoisotopic (exact) mass is 362 g/mol. The Bertz CT molecular complexity index is 638. The van der Waals surface area contributed by atoms with Crippen molar-refractivity contribution in [1.29, 1.82) is 0 Å². The zero-order valence-corrected chi connectivity index (χ0v) is 13.6. The highest BCUT2D eigenvalue weighted by Gasteiger charge is 2.48. The minimum Gasteiger partial charge on any atom is -0.345 e. The maximum Gasteiger partial charge on any atom is 0.416 e. The van der Waals surface area contributed by atoms with E-state index in [0.29, 0.717) is 38.8 Å². The van der Waals surface area contributed by atoms with Gasteiger partial charge in [0.1, 0.15) is 0 Å². The van der Waals surface area contributed by atoms with Gasteiger partial charge in [-0.1, -0.05) is 0 Å². The summed E-state index contributed by atoms with van der Waals surface area (Å²) in [7, 11) is 0. The quantitative estimate of drug-likeness (QED) is 0.803. The zero-order valence-electron chi connectivity index (χ0n) is 13.6. The van der Waals surface area contributed by atoms with Crippen molar-refractivity contribution in [1.82, 2.24) is 10.6 Å². The van der Waals surface area contributed by atoms with Crippen LogP contribution < -0.4 is 10.6 Å². The first-order valence-electron chi connectivity index (χ1n) is 8.18. The van der Waals surface area contributed by atoms with E-state index in [-0.39, 0.29) is 17.5 Å². The van der Waals surface area contributed by atoms with E-state index in [9.17, 15) is 26.7 Å². The molecule has 1 aliphatic heterocycles. The van der Waals surface area contributed by atoms with Gasteiger partial charge in [-0.25, -0.2) is 8.78 Å². The van der Waals surface area contributed by atoms with Crippen LogP contribution in [-0.4, -0.2) is 18.5 Å². The zero-order chi connectivity index (χ0) is 18.5. The molecule has 2 fully saturated rings. The number of alkyl halides is 5. The SMILES string of the molecule is CC(F)(F)c1cc(C(F)(F)F)cc(C2(NC(=O)[C@H]3CCCN3)CC2)c1. The van der Waals surface area contributed by atoms with Gasteiger partial charge in [0, 0.05) is 12.5 Å². The molecular weight excluding hydrogens is 343 g/mol. The van der Waals surface area contributed by atoms with Crippen LogP contribution in [0.1, 0.15) is 49.3 Å². The molecule has 25 heavy (non-hydrogen) atoms. The van der Waals surface area contributed by atoms with E-state index in [0.717, 1.165) is 18.6 Å². The molecule has 0 spiro atoms. The van der Waals surface area contributed by atoms with E-state index in [4.69, 9.17) is 0 Å². The lowest BCUT2D eigenvalue weighted by Gasteiger charge is -2.24. The van der Waals surface area contributed by atoms with E-state index in [1.165, 1.54) is 0 Å². The van der Waals surface area contributed by atoms with Crippen LogP contribution in [0.4, 0.5) is 22.0 Å². The molecule has 0 bridgehead atoms. The van der Waals surface area contributed by atoms with E-state index >= 15 is 0 Å². The Morgan fingerprint density at radius 2 is 1.80 bits per heavy atom. The van der Waals surface area contributed by atoms with Crippen molar-refractivity contribution < 1.29 is 26.7 Å². The maximum absolute atomic E-state index is 13.7. The number of halogens is 5. The van der Waals surface area contributed by atoms with Gasteiger partial charge in [-0.05, 0) is 56.0 Å². The van der Waals surface area contributed by atoms with Crippen molar-refractivity contribution in [3.05, 3.63) is 34.9 Å². The fourth-order valence-electron chi connectivity index (χ4n) is 3.16. The average molecular weight is 362 g/mol. The van der Waals surface area contributed by atoms with Crippen LogP contribution >= 0.6 is 0 Å². The highest BCUT2D eigenvalue weighted by atomic mass is 19.4. The molecule has 138 valence electrons. The molecule has 2 N–H and O–H groups in total. The molecule has 0 radical (unpaired) electrons. The summed E-state index contributed by atoms with van der Waals surface area (Å²) in [5, 5.41) is 5.79. The molecule has 1 atom stereocenters. The van der Waals surface area contributed by atoms with Crippen LogP contribution in [0.2, 0.25) is 0 Å².